The van der Waals surface area contributed by atoms with E-state index in [9.17, 15) is 8.42 Å². The summed E-state index contributed by atoms with van der Waals surface area (Å²) < 4.78 is 29.5. The number of hydrogen-bond acceptors (Lipinski definition) is 3. The Morgan fingerprint density at radius 2 is 1.27 bits per heavy atom. The van der Waals surface area contributed by atoms with Crippen molar-refractivity contribution >= 4 is 10.1 Å². The van der Waals surface area contributed by atoms with Gasteiger partial charge in [-0.05, 0) is 25.2 Å². The number of unbranched alkanes of at least 4 members (excludes halogenated alkanes) is 12. The highest BCUT2D eigenvalue weighted by molar-refractivity contribution is 7.88. The molecule has 0 saturated heterocycles. The van der Waals surface area contributed by atoms with E-state index in [4.69, 9.17) is 4.18 Å². The van der Waals surface area contributed by atoms with Crippen LogP contribution in [0.5, 0.6) is 0 Å². The molecule has 0 fully saturated rings. The van der Waals surface area contributed by atoms with E-state index in [2.05, 4.69) is 13.8 Å². The Kier molecular flexibility index (Phi) is 13.9. The van der Waals surface area contributed by atoms with Gasteiger partial charge in [-0.25, -0.2) is 0 Å². The van der Waals surface area contributed by atoms with Crippen LogP contribution in [0, 0.1) is 11.8 Å². The molecule has 0 heterocycles. The van der Waals surface area contributed by atoms with E-state index in [0.29, 0.717) is 6.61 Å². The minimum Gasteiger partial charge on any atom is -0.269 e. The molecule has 1 aliphatic carbocycles. The molecule has 0 aromatic heterocycles. The van der Waals surface area contributed by atoms with Crippen LogP contribution in [0.3, 0.4) is 0 Å². The lowest BCUT2D eigenvalue weighted by Gasteiger charge is -2.31. The summed E-state index contributed by atoms with van der Waals surface area (Å²) in [5, 5.41) is 0. The van der Waals surface area contributed by atoms with Crippen molar-refractivity contribution < 1.29 is 12.6 Å². The smallest absolute Gasteiger partial charge is 0.269 e. The van der Waals surface area contributed by atoms with Gasteiger partial charge in [-0.1, -0.05) is 129 Å². The van der Waals surface area contributed by atoms with Crippen LogP contribution in [0.1, 0.15) is 118 Å². The van der Waals surface area contributed by atoms with Crippen molar-refractivity contribution in [1.29, 1.82) is 0 Å². The van der Waals surface area contributed by atoms with Crippen molar-refractivity contribution in [3.05, 3.63) is 24.3 Å². The van der Waals surface area contributed by atoms with Gasteiger partial charge in [-0.2, -0.15) is 8.42 Å². The van der Waals surface area contributed by atoms with Crippen molar-refractivity contribution in [1.82, 2.24) is 0 Å². The van der Waals surface area contributed by atoms with Gasteiger partial charge in [0.15, 0.2) is 0 Å². The standard InChI is InChI=1S/C26H48O3S/c1-24(2)20-16-14-12-10-8-6-5-7-9-11-13-15-19-23-29-30(27,28)26(4)22-18-17-21-25(26)3/h17-18,21-22,24-25H,5-16,19-20,23H2,1-4H3. The number of allylic oxidation sites excluding steroid dienone is 3. The second-order valence-corrected chi connectivity index (χ2v) is 11.8. The first-order valence-electron chi connectivity index (χ1n) is 12.5. The molecule has 0 spiro atoms. The molecule has 2 unspecified atom stereocenters. The fraction of sp³-hybridized carbons (Fsp3) is 0.846. The van der Waals surface area contributed by atoms with Crippen LogP contribution in [-0.4, -0.2) is 19.8 Å². The van der Waals surface area contributed by atoms with Gasteiger partial charge in [-0.15, -0.1) is 0 Å². The molecule has 1 rings (SSSR count). The molecule has 0 aromatic carbocycles. The largest absolute Gasteiger partial charge is 0.277 e. The van der Waals surface area contributed by atoms with Gasteiger partial charge >= 0.3 is 0 Å². The molecule has 176 valence electrons. The highest BCUT2D eigenvalue weighted by Crippen LogP contribution is 2.33. The van der Waals surface area contributed by atoms with E-state index < -0.39 is 14.9 Å². The van der Waals surface area contributed by atoms with Gasteiger partial charge in [0.2, 0.25) is 0 Å². The van der Waals surface area contributed by atoms with E-state index in [1.807, 2.05) is 19.1 Å². The minimum atomic E-state index is -3.59. The monoisotopic (exact) mass is 440 g/mol. The average Bonchev–Trinajstić information content (AvgIpc) is 2.69. The normalized spacial score (nSPS) is 21.6. The average molecular weight is 441 g/mol. The lowest BCUT2D eigenvalue weighted by Crippen LogP contribution is -2.41. The fourth-order valence-corrected chi connectivity index (χ4v) is 5.40. The third-order valence-corrected chi connectivity index (χ3v) is 8.61. The summed E-state index contributed by atoms with van der Waals surface area (Å²) >= 11 is 0. The molecule has 0 aromatic rings. The van der Waals surface area contributed by atoms with Crippen LogP contribution >= 0.6 is 0 Å². The van der Waals surface area contributed by atoms with E-state index in [1.165, 1.54) is 77.0 Å². The van der Waals surface area contributed by atoms with Crippen LogP contribution in [0.2, 0.25) is 0 Å². The van der Waals surface area contributed by atoms with Crippen LogP contribution in [0.4, 0.5) is 0 Å². The molecule has 30 heavy (non-hydrogen) atoms. The van der Waals surface area contributed by atoms with Gasteiger partial charge in [0.05, 0.1) is 6.61 Å². The van der Waals surface area contributed by atoms with Gasteiger partial charge in [0, 0.05) is 0 Å². The summed E-state index contributed by atoms with van der Waals surface area (Å²) in [6.45, 7) is 8.60. The quantitative estimate of drug-likeness (QED) is 0.160. The highest BCUT2D eigenvalue weighted by Gasteiger charge is 2.42. The minimum absolute atomic E-state index is 0.0719. The van der Waals surface area contributed by atoms with E-state index in [0.717, 1.165) is 18.8 Å². The Balaban J connectivity index is 1.92. The Bertz CT molecular complexity index is 591. The van der Waals surface area contributed by atoms with Crippen LogP contribution in [-0.2, 0) is 14.3 Å². The SMILES string of the molecule is CC(C)CCCCCCCCCCCCCCCOS(=O)(=O)C1(C)C=CC=CC1C. The number of rotatable bonds is 18. The van der Waals surface area contributed by atoms with E-state index in [-0.39, 0.29) is 5.92 Å². The Morgan fingerprint density at radius 3 is 1.73 bits per heavy atom. The zero-order valence-corrected chi connectivity index (χ0v) is 21.0. The third-order valence-electron chi connectivity index (χ3n) is 6.55. The molecule has 0 bridgehead atoms. The summed E-state index contributed by atoms with van der Waals surface area (Å²) in [5.74, 6) is 0.784. The predicted octanol–water partition coefficient (Wildman–Crippen LogP) is 7.97. The number of hydrogen-bond donors (Lipinski definition) is 0. The Labute approximate surface area is 187 Å². The summed E-state index contributed by atoms with van der Waals surface area (Å²) in [5.41, 5.74) is 0. The second kappa shape index (κ2) is 15.2. The topological polar surface area (TPSA) is 43.4 Å². The zero-order valence-electron chi connectivity index (χ0n) is 20.2. The maximum atomic E-state index is 12.6. The fourth-order valence-electron chi connectivity index (χ4n) is 4.03. The lowest BCUT2D eigenvalue weighted by atomic mass is 9.91. The third kappa shape index (κ3) is 10.6. The summed E-state index contributed by atoms with van der Waals surface area (Å²) in [6.07, 6.45) is 25.5. The van der Waals surface area contributed by atoms with Crippen LogP contribution in [0.25, 0.3) is 0 Å². The van der Waals surface area contributed by atoms with Crippen LogP contribution in [0.15, 0.2) is 24.3 Å². The van der Waals surface area contributed by atoms with Gasteiger partial charge in [0.1, 0.15) is 4.75 Å². The Hall–Kier alpha value is -0.610. The van der Waals surface area contributed by atoms with E-state index in [1.54, 1.807) is 19.1 Å². The van der Waals surface area contributed by atoms with Gasteiger partial charge in [0.25, 0.3) is 10.1 Å². The molecule has 2 atom stereocenters. The van der Waals surface area contributed by atoms with Crippen molar-refractivity contribution in [3.63, 3.8) is 0 Å². The van der Waals surface area contributed by atoms with Crippen molar-refractivity contribution in [3.8, 4) is 0 Å². The van der Waals surface area contributed by atoms with Gasteiger partial charge in [-0.3, -0.25) is 4.18 Å². The molecular weight excluding hydrogens is 392 g/mol. The van der Waals surface area contributed by atoms with Crippen molar-refractivity contribution in [2.45, 2.75) is 122 Å². The molecule has 1 aliphatic rings. The molecule has 4 heteroatoms. The summed E-state index contributed by atoms with van der Waals surface area (Å²) in [6, 6.07) is 0. The summed E-state index contributed by atoms with van der Waals surface area (Å²) in [4.78, 5) is 0. The molecule has 0 saturated carbocycles. The molecular formula is C26H48O3S. The molecule has 0 radical (unpaired) electrons. The van der Waals surface area contributed by atoms with Crippen molar-refractivity contribution in [2.75, 3.05) is 6.61 Å². The molecule has 3 nitrogen and oxygen atoms in total. The predicted molar refractivity (Wildman–Crippen MR) is 130 cm³/mol. The molecule has 0 aliphatic heterocycles. The second-order valence-electron chi connectivity index (χ2n) is 9.77. The lowest BCUT2D eigenvalue weighted by molar-refractivity contribution is 0.288. The maximum Gasteiger partial charge on any atom is 0.277 e. The molecule has 0 amide bonds. The van der Waals surface area contributed by atoms with Crippen molar-refractivity contribution in [2.24, 2.45) is 11.8 Å². The van der Waals surface area contributed by atoms with E-state index >= 15 is 0 Å². The first-order valence-corrected chi connectivity index (χ1v) is 14.0. The van der Waals surface area contributed by atoms with Crippen LogP contribution < -0.4 is 0 Å². The van der Waals surface area contributed by atoms with Gasteiger partial charge < -0.3 is 0 Å². The molecule has 0 N–H and O–H groups in total. The zero-order chi connectivity index (χ0) is 22.3. The first-order chi connectivity index (χ1) is 14.3. The Morgan fingerprint density at radius 1 is 0.800 bits per heavy atom. The highest BCUT2D eigenvalue weighted by atomic mass is 32.2. The first kappa shape index (κ1) is 27.4. The summed E-state index contributed by atoms with van der Waals surface area (Å²) in [7, 11) is -3.59. The maximum absolute atomic E-state index is 12.6.